The SMILES string of the molecule is Cc1cc(=O)[nH]c(/N=C(/N)N(C)C)n1. The third kappa shape index (κ3) is 2.58. The number of hydrogen-bond donors (Lipinski definition) is 2. The van der Waals surface area contributed by atoms with E-state index in [-0.39, 0.29) is 11.5 Å². The molecule has 76 valence electrons. The van der Waals surface area contributed by atoms with Crippen LogP contribution in [0.2, 0.25) is 0 Å². The summed E-state index contributed by atoms with van der Waals surface area (Å²) in [6.07, 6.45) is 0. The smallest absolute Gasteiger partial charge is 0.252 e. The highest BCUT2D eigenvalue weighted by Gasteiger charge is 1.98. The van der Waals surface area contributed by atoms with Crippen LogP contribution in [0.1, 0.15) is 5.69 Å². The molecule has 0 fully saturated rings. The number of hydrogen-bond acceptors (Lipinski definition) is 3. The Morgan fingerprint density at radius 2 is 2.29 bits per heavy atom. The highest BCUT2D eigenvalue weighted by Crippen LogP contribution is 2.00. The van der Waals surface area contributed by atoms with Gasteiger partial charge in [0.1, 0.15) is 0 Å². The molecule has 0 aliphatic rings. The summed E-state index contributed by atoms with van der Waals surface area (Å²) in [4.78, 5) is 23.1. The maximum Gasteiger partial charge on any atom is 0.252 e. The van der Waals surface area contributed by atoms with Crippen LogP contribution in [0.15, 0.2) is 15.9 Å². The van der Waals surface area contributed by atoms with Gasteiger partial charge < -0.3 is 10.6 Å². The summed E-state index contributed by atoms with van der Waals surface area (Å²) in [5.74, 6) is 0.514. The van der Waals surface area contributed by atoms with E-state index in [1.54, 1.807) is 25.9 Å². The Hall–Kier alpha value is -1.85. The van der Waals surface area contributed by atoms with E-state index in [0.29, 0.717) is 11.7 Å². The largest absolute Gasteiger partial charge is 0.369 e. The fraction of sp³-hybridized carbons (Fsp3) is 0.375. The predicted octanol–water partition coefficient (Wildman–Crippen LogP) is -0.414. The lowest BCUT2D eigenvalue weighted by atomic mass is 10.4. The molecule has 1 aromatic heterocycles. The number of aromatic nitrogens is 2. The standard InChI is InChI=1S/C8H13N5O/c1-5-4-6(14)11-8(10-5)12-7(9)13(2)3/h4H,1-3H3,(H3,9,10,11,12,14). The third-order valence-electron chi connectivity index (χ3n) is 1.54. The van der Waals surface area contributed by atoms with E-state index in [4.69, 9.17) is 5.73 Å². The minimum Gasteiger partial charge on any atom is -0.369 e. The van der Waals surface area contributed by atoms with Crippen molar-refractivity contribution < 1.29 is 0 Å². The van der Waals surface area contributed by atoms with E-state index < -0.39 is 0 Å². The maximum atomic E-state index is 11.0. The summed E-state index contributed by atoms with van der Waals surface area (Å²) < 4.78 is 0. The van der Waals surface area contributed by atoms with Crippen molar-refractivity contribution in [3.63, 3.8) is 0 Å². The number of nitrogens with two attached hydrogens (primary N) is 1. The Labute approximate surface area is 81.5 Å². The quantitative estimate of drug-likeness (QED) is 0.471. The lowest BCUT2D eigenvalue weighted by Crippen LogP contribution is -2.30. The summed E-state index contributed by atoms with van der Waals surface area (Å²) in [7, 11) is 3.51. The number of nitrogens with one attached hydrogen (secondary N) is 1. The lowest BCUT2D eigenvalue weighted by Gasteiger charge is -2.09. The zero-order chi connectivity index (χ0) is 10.7. The van der Waals surface area contributed by atoms with Crippen molar-refractivity contribution in [1.29, 1.82) is 0 Å². The summed E-state index contributed by atoms with van der Waals surface area (Å²) in [5, 5.41) is 0. The molecule has 3 N–H and O–H groups in total. The minimum atomic E-state index is -0.234. The molecule has 0 radical (unpaired) electrons. The molecule has 6 nitrogen and oxygen atoms in total. The van der Waals surface area contributed by atoms with Crippen LogP contribution in [0.25, 0.3) is 0 Å². The van der Waals surface area contributed by atoms with Crippen molar-refractivity contribution in [2.45, 2.75) is 6.92 Å². The molecule has 1 heterocycles. The van der Waals surface area contributed by atoms with Crippen molar-refractivity contribution in [3.05, 3.63) is 22.1 Å². The van der Waals surface area contributed by atoms with E-state index in [1.807, 2.05) is 0 Å². The van der Waals surface area contributed by atoms with E-state index in [2.05, 4.69) is 15.0 Å². The number of rotatable bonds is 1. The first kappa shape index (κ1) is 10.2. The first-order valence-electron chi connectivity index (χ1n) is 4.08. The van der Waals surface area contributed by atoms with Gasteiger partial charge in [-0.1, -0.05) is 0 Å². The molecular formula is C8H13N5O. The van der Waals surface area contributed by atoms with Crippen LogP contribution < -0.4 is 11.3 Å². The number of guanidine groups is 1. The fourth-order valence-electron chi connectivity index (χ4n) is 0.825. The van der Waals surface area contributed by atoms with Gasteiger partial charge >= 0.3 is 0 Å². The predicted molar refractivity (Wildman–Crippen MR) is 54.6 cm³/mol. The molecule has 1 rings (SSSR count). The monoisotopic (exact) mass is 195 g/mol. The van der Waals surface area contributed by atoms with Gasteiger partial charge in [0.2, 0.25) is 5.95 Å². The van der Waals surface area contributed by atoms with Crippen molar-refractivity contribution in [1.82, 2.24) is 14.9 Å². The number of aryl methyl sites for hydroxylation is 1. The molecule has 0 atom stereocenters. The Bertz CT molecular complexity index is 406. The number of aliphatic imine (C=N–C) groups is 1. The molecule has 1 aromatic rings. The van der Waals surface area contributed by atoms with Gasteiger partial charge in [-0.05, 0) is 6.92 Å². The second-order valence-electron chi connectivity index (χ2n) is 3.07. The molecule has 0 spiro atoms. The van der Waals surface area contributed by atoms with Crippen LogP contribution >= 0.6 is 0 Å². The maximum absolute atomic E-state index is 11.0. The van der Waals surface area contributed by atoms with Crippen molar-refractivity contribution in [2.24, 2.45) is 10.7 Å². The molecule has 0 aromatic carbocycles. The van der Waals surface area contributed by atoms with Crippen LogP contribution in [0, 0.1) is 6.92 Å². The molecule has 6 heteroatoms. The molecule has 0 aliphatic carbocycles. The molecule has 0 saturated heterocycles. The molecule has 0 aliphatic heterocycles. The van der Waals surface area contributed by atoms with Crippen LogP contribution in [0.4, 0.5) is 5.95 Å². The second-order valence-corrected chi connectivity index (χ2v) is 3.07. The van der Waals surface area contributed by atoms with Crippen LogP contribution in [0.3, 0.4) is 0 Å². The summed E-state index contributed by atoms with van der Waals surface area (Å²) in [5.41, 5.74) is 5.94. The molecule has 0 unspecified atom stereocenters. The summed E-state index contributed by atoms with van der Waals surface area (Å²) in [6.45, 7) is 1.72. The van der Waals surface area contributed by atoms with Gasteiger partial charge in [0.05, 0.1) is 0 Å². The fourth-order valence-corrected chi connectivity index (χ4v) is 0.825. The highest BCUT2D eigenvalue weighted by atomic mass is 16.1. The zero-order valence-corrected chi connectivity index (χ0v) is 8.40. The summed E-state index contributed by atoms with van der Waals surface area (Å²) in [6, 6.07) is 1.39. The zero-order valence-electron chi connectivity index (χ0n) is 8.40. The molecule has 0 saturated carbocycles. The van der Waals surface area contributed by atoms with Gasteiger partial charge in [-0.15, -0.1) is 0 Å². The van der Waals surface area contributed by atoms with Gasteiger partial charge in [-0.25, -0.2) is 4.98 Å². The molecule has 0 bridgehead atoms. The Morgan fingerprint density at radius 3 is 2.79 bits per heavy atom. The Balaban J connectivity index is 3.09. The molecule has 14 heavy (non-hydrogen) atoms. The average molecular weight is 195 g/mol. The topological polar surface area (TPSA) is 87.4 Å². The van der Waals surface area contributed by atoms with Gasteiger partial charge in [-0.2, -0.15) is 4.99 Å². The lowest BCUT2D eigenvalue weighted by molar-refractivity contribution is 0.614. The second kappa shape index (κ2) is 3.91. The van der Waals surface area contributed by atoms with Gasteiger partial charge in [0, 0.05) is 25.9 Å². The number of aromatic amines is 1. The van der Waals surface area contributed by atoms with E-state index >= 15 is 0 Å². The van der Waals surface area contributed by atoms with E-state index in [9.17, 15) is 4.79 Å². The molecule has 0 amide bonds. The minimum absolute atomic E-state index is 0.223. The normalized spacial score (nSPS) is 11.5. The van der Waals surface area contributed by atoms with Gasteiger partial charge in [-0.3, -0.25) is 9.78 Å². The van der Waals surface area contributed by atoms with Crippen LogP contribution in [0.5, 0.6) is 0 Å². The highest BCUT2D eigenvalue weighted by molar-refractivity contribution is 5.79. The first-order valence-corrected chi connectivity index (χ1v) is 4.08. The van der Waals surface area contributed by atoms with Gasteiger partial charge in [0.25, 0.3) is 5.56 Å². The van der Waals surface area contributed by atoms with Crippen molar-refractivity contribution in [2.75, 3.05) is 14.1 Å². The average Bonchev–Trinajstić information content (AvgIpc) is 2.01. The van der Waals surface area contributed by atoms with Crippen molar-refractivity contribution >= 4 is 11.9 Å². The number of H-pyrrole nitrogens is 1. The van der Waals surface area contributed by atoms with Crippen LogP contribution in [-0.2, 0) is 0 Å². The Kier molecular flexibility index (Phi) is 2.85. The van der Waals surface area contributed by atoms with E-state index in [1.165, 1.54) is 6.07 Å². The van der Waals surface area contributed by atoms with E-state index in [0.717, 1.165) is 0 Å². The third-order valence-corrected chi connectivity index (χ3v) is 1.54. The number of nitrogens with zero attached hydrogens (tertiary/aromatic N) is 3. The summed E-state index contributed by atoms with van der Waals surface area (Å²) >= 11 is 0. The first-order chi connectivity index (χ1) is 6.49. The Morgan fingerprint density at radius 1 is 1.64 bits per heavy atom. The van der Waals surface area contributed by atoms with Gasteiger partial charge in [0.15, 0.2) is 5.96 Å². The molecular weight excluding hydrogens is 182 g/mol. The van der Waals surface area contributed by atoms with Crippen LogP contribution in [-0.4, -0.2) is 34.9 Å². The van der Waals surface area contributed by atoms with Crippen molar-refractivity contribution in [3.8, 4) is 0 Å².